The van der Waals surface area contributed by atoms with Gasteiger partial charge >= 0.3 is 0 Å². The van der Waals surface area contributed by atoms with Gasteiger partial charge in [-0.25, -0.2) is 0 Å². The van der Waals surface area contributed by atoms with Gasteiger partial charge in [0.05, 0.1) is 7.11 Å². The van der Waals surface area contributed by atoms with Crippen LogP contribution in [-0.2, 0) is 6.61 Å². The minimum Gasteiger partial charge on any atom is -0.493 e. The Morgan fingerprint density at radius 3 is 2.43 bits per heavy atom. The van der Waals surface area contributed by atoms with E-state index < -0.39 is 0 Å². The van der Waals surface area contributed by atoms with Crippen LogP contribution in [0.15, 0.2) is 61.2 Å². The summed E-state index contributed by atoms with van der Waals surface area (Å²) in [6.45, 7) is 8.63. The van der Waals surface area contributed by atoms with Crippen molar-refractivity contribution in [1.29, 1.82) is 0 Å². The molecular weight excluding hydrogens is 395 g/mol. The van der Waals surface area contributed by atoms with E-state index >= 15 is 0 Å². The van der Waals surface area contributed by atoms with Crippen molar-refractivity contribution in [3.05, 3.63) is 72.3 Å². The molecule has 1 heterocycles. The lowest BCUT2D eigenvalue weighted by Crippen LogP contribution is -2.45. The molecule has 2 aromatic carbocycles. The number of ether oxygens (including phenoxy) is 2. The van der Waals surface area contributed by atoms with Crippen molar-refractivity contribution < 1.29 is 9.47 Å². The molecule has 1 saturated heterocycles. The Morgan fingerprint density at radius 2 is 1.79 bits per heavy atom. The first kappa shape index (κ1) is 24.3. The summed E-state index contributed by atoms with van der Waals surface area (Å²) in [6.07, 6.45) is 2.92. The number of methoxy groups -OCH3 is 1. The van der Waals surface area contributed by atoms with Gasteiger partial charge in [0.1, 0.15) is 6.61 Å². The molecule has 1 aliphatic rings. The predicted molar refractivity (Wildman–Crippen MR) is 120 cm³/mol. The molecule has 0 aliphatic carbocycles. The van der Waals surface area contributed by atoms with E-state index in [9.17, 15) is 0 Å². The molecule has 0 saturated carbocycles. The number of rotatable bonds is 8. The minimum absolute atomic E-state index is 0. The van der Waals surface area contributed by atoms with E-state index in [4.69, 9.17) is 9.47 Å². The van der Waals surface area contributed by atoms with Gasteiger partial charge in [0, 0.05) is 32.2 Å². The van der Waals surface area contributed by atoms with Crippen LogP contribution < -0.4 is 14.8 Å². The summed E-state index contributed by atoms with van der Waals surface area (Å²) < 4.78 is 11.6. The summed E-state index contributed by atoms with van der Waals surface area (Å²) in [5.74, 6) is 1.56. The third kappa shape index (κ3) is 6.42. The normalized spacial score (nSPS) is 14.9. The lowest BCUT2D eigenvalue weighted by atomic mass is 10.0. The van der Waals surface area contributed by atoms with E-state index in [1.807, 2.05) is 30.3 Å². The molecule has 6 heteroatoms. The molecule has 0 radical (unpaired) electrons. The summed E-state index contributed by atoms with van der Waals surface area (Å²) >= 11 is 0. The van der Waals surface area contributed by atoms with E-state index in [1.54, 1.807) is 7.11 Å². The Balaban J connectivity index is 0.00000196. The summed E-state index contributed by atoms with van der Waals surface area (Å²) in [4.78, 5) is 2.51. The van der Waals surface area contributed by atoms with Crippen LogP contribution in [-0.4, -0.2) is 38.2 Å². The summed E-state index contributed by atoms with van der Waals surface area (Å²) in [7, 11) is 1.68. The largest absolute Gasteiger partial charge is 0.493 e. The van der Waals surface area contributed by atoms with Gasteiger partial charge < -0.3 is 14.8 Å². The highest BCUT2D eigenvalue weighted by Crippen LogP contribution is 2.34. The molecule has 1 fully saturated rings. The lowest BCUT2D eigenvalue weighted by Gasteiger charge is -2.35. The quantitative estimate of drug-likeness (QED) is 0.625. The zero-order valence-electron chi connectivity index (χ0n) is 16.3. The smallest absolute Gasteiger partial charge is 0.161 e. The Labute approximate surface area is 180 Å². The van der Waals surface area contributed by atoms with Crippen molar-refractivity contribution in [3.63, 3.8) is 0 Å². The molecule has 0 amide bonds. The van der Waals surface area contributed by atoms with Crippen molar-refractivity contribution in [2.45, 2.75) is 19.1 Å². The van der Waals surface area contributed by atoms with Gasteiger partial charge in [-0.2, -0.15) is 0 Å². The van der Waals surface area contributed by atoms with Gasteiger partial charge in [0.15, 0.2) is 11.5 Å². The van der Waals surface area contributed by atoms with Crippen LogP contribution in [0.2, 0.25) is 0 Å². The molecule has 28 heavy (non-hydrogen) atoms. The molecule has 1 aliphatic heterocycles. The predicted octanol–water partition coefficient (Wildman–Crippen LogP) is 4.64. The van der Waals surface area contributed by atoms with Crippen LogP contribution in [0.1, 0.15) is 23.6 Å². The Bertz CT molecular complexity index is 707. The molecule has 0 bridgehead atoms. The van der Waals surface area contributed by atoms with Gasteiger partial charge in [-0.1, -0.05) is 42.5 Å². The zero-order valence-corrected chi connectivity index (χ0v) is 17.9. The highest BCUT2D eigenvalue weighted by Gasteiger charge is 2.22. The number of nitrogens with one attached hydrogen (secondary N) is 1. The minimum atomic E-state index is 0. The highest BCUT2D eigenvalue weighted by atomic mass is 35.5. The van der Waals surface area contributed by atoms with Crippen molar-refractivity contribution >= 4 is 24.8 Å². The van der Waals surface area contributed by atoms with Crippen molar-refractivity contribution in [3.8, 4) is 11.5 Å². The Kier molecular flexibility index (Phi) is 11.0. The van der Waals surface area contributed by atoms with E-state index in [1.165, 1.54) is 5.56 Å². The molecule has 154 valence electrons. The van der Waals surface area contributed by atoms with Crippen LogP contribution in [0.5, 0.6) is 11.5 Å². The van der Waals surface area contributed by atoms with Crippen LogP contribution in [0, 0.1) is 0 Å². The maximum atomic E-state index is 6.09. The summed E-state index contributed by atoms with van der Waals surface area (Å²) in [6, 6.07) is 16.8. The summed E-state index contributed by atoms with van der Waals surface area (Å²) in [5.41, 5.74) is 2.39. The fourth-order valence-corrected chi connectivity index (χ4v) is 3.40. The molecular formula is C22H30Cl2N2O2. The fraction of sp³-hybridized carbons (Fsp3) is 0.364. The lowest BCUT2D eigenvalue weighted by molar-refractivity contribution is 0.174. The van der Waals surface area contributed by atoms with Crippen LogP contribution in [0.25, 0.3) is 0 Å². The first-order valence-corrected chi connectivity index (χ1v) is 9.22. The Morgan fingerprint density at radius 1 is 1.07 bits per heavy atom. The van der Waals surface area contributed by atoms with Crippen LogP contribution in [0.3, 0.4) is 0 Å². The molecule has 0 spiro atoms. The van der Waals surface area contributed by atoms with E-state index in [-0.39, 0.29) is 24.8 Å². The van der Waals surface area contributed by atoms with Crippen LogP contribution >= 0.6 is 24.8 Å². The molecule has 1 atom stereocenters. The molecule has 2 aromatic rings. The number of halogens is 2. The van der Waals surface area contributed by atoms with Crippen molar-refractivity contribution in [1.82, 2.24) is 10.2 Å². The van der Waals surface area contributed by atoms with E-state index in [2.05, 4.69) is 41.1 Å². The average Bonchev–Trinajstić information content (AvgIpc) is 2.71. The van der Waals surface area contributed by atoms with Crippen LogP contribution in [0.4, 0.5) is 0 Å². The van der Waals surface area contributed by atoms with E-state index in [0.717, 1.165) is 49.7 Å². The number of piperazine rings is 1. The van der Waals surface area contributed by atoms with Gasteiger partial charge in [0.25, 0.3) is 0 Å². The molecule has 1 N–H and O–H groups in total. The van der Waals surface area contributed by atoms with Gasteiger partial charge in [-0.05, 0) is 29.7 Å². The number of benzene rings is 2. The van der Waals surface area contributed by atoms with E-state index in [0.29, 0.717) is 12.6 Å². The highest BCUT2D eigenvalue weighted by molar-refractivity contribution is 5.85. The molecule has 0 unspecified atom stereocenters. The number of hydrogen-bond donors (Lipinski definition) is 1. The SMILES string of the molecule is C=CC[C@H](c1ccc(OC)c(OCc2ccccc2)c1)N1CCNCC1.Cl.Cl. The maximum absolute atomic E-state index is 6.09. The standard InChI is InChI=1S/C22H28N2O2.2ClH/c1-3-7-20(24-14-12-23-13-15-24)19-10-11-21(25-2)22(16-19)26-17-18-8-5-4-6-9-18;;/h3-6,8-11,16,20,23H,1,7,12-15,17H2,2H3;2*1H/t20-;;/m1../s1. The summed E-state index contributed by atoms with van der Waals surface area (Å²) in [5, 5.41) is 3.42. The fourth-order valence-electron chi connectivity index (χ4n) is 3.40. The molecule has 0 aromatic heterocycles. The third-order valence-corrected chi connectivity index (χ3v) is 4.79. The van der Waals surface area contributed by atoms with Gasteiger partial charge in [-0.3, -0.25) is 4.90 Å². The number of nitrogens with zero attached hydrogens (tertiary/aromatic N) is 1. The zero-order chi connectivity index (χ0) is 18.2. The molecule has 3 rings (SSSR count). The maximum Gasteiger partial charge on any atom is 0.161 e. The second kappa shape index (κ2) is 12.7. The topological polar surface area (TPSA) is 33.7 Å². The van der Waals surface area contributed by atoms with Crippen molar-refractivity contribution in [2.24, 2.45) is 0 Å². The first-order valence-electron chi connectivity index (χ1n) is 9.22. The molecule has 4 nitrogen and oxygen atoms in total. The first-order chi connectivity index (χ1) is 12.8. The number of hydrogen-bond acceptors (Lipinski definition) is 4. The Hall–Kier alpha value is -1.72. The third-order valence-electron chi connectivity index (χ3n) is 4.79. The second-order valence-corrected chi connectivity index (χ2v) is 6.51. The van der Waals surface area contributed by atoms with Crippen molar-refractivity contribution in [2.75, 3.05) is 33.3 Å². The van der Waals surface area contributed by atoms with Gasteiger partial charge in [-0.15, -0.1) is 31.4 Å². The average molecular weight is 425 g/mol. The monoisotopic (exact) mass is 424 g/mol. The second-order valence-electron chi connectivity index (χ2n) is 6.51. The van der Waals surface area contributed by atoms with Gasteiger partial charge in [0.2, 0.25) is 0 Å².